The number of benzene rings is 1. The van der Waals surface area contributed by atoms with Gasteiger partial charge in [0, 0.05) is 31.2 Å². The second kappa shape index (κ2) is 14.5. The summed E-state index contributed by atoms with van der Waals surface area (Å²) in [5.74, 6) is -4.46. The molecule has 0 radical (unpaired) electrons. The minimum Gasteiger partial charge on any atom is -0.508 e. The molecular weight excluding hydrogens is 510 g/mol. The van der Waals surface area contributed by atoms with Crippen LogP contribution >= 0.6 is 0 Å². The van der Waals surface area contributed by atoms with E-state index >= 15 is 0 Å². The molecule has 14 heteroatoms. The molecule has 0 saturated carbocycles. The number of aliphatic carboxylic acids is 1. The van der Waals surface area contributed by atoms with E-state index in [1.54, 1.807) is 13.8 Å². The van der Waals surface area contributed by atoms with E-state index in [2.05, 4.69) is 25.9 Å². The SMILES string of the molecule is CC(C)C(N)C(=O)NC(Cc1cnc[nH]1)C(=O)NC(Cc1ccc(O)cc1)C(=O)NC(CCC(N)=O)C(=O)O. The van der Waals surface area contributed by atoms with E-state index in [9.17, 15) is 34.2 Å². The fraction of sp³-hybridized carbons (Fsp3) is 0.440. The molecule has 1 aromatic carbocycles. The van der Waals surface area contributed by atoms with Crippen LogP contribution in [0.5, 0.6) is 5.75 Å². The Bertz CT molecular complexity index is 1140. The average Bonchev–Trinajstić information content (AvgIpc) is 3.39. The molecule has 2 rings (SSSR count). The zero-order valence-electron chi connectivity index (χ0n) is 21.7. The molecule has 0 saturated heterocycles. The van der Waals surface area contributed by atoms with Gasteiger partial charge in [0.1, 0.15) is 23.9 Å². The number of nitrogens with zero attached hydrogens (tertiary/aromatic N) is 1. The van der Waals surface area contributed by atoms with Crippen molar-refractivity contribution in [3.63, 3.8) is 0 Å². The first-order valence-corrected chi connectivity index (χ1v) is 12.3. The molecule has 212 valence electrons. The number of phenolic OH excluding ortho intramolecular Hbond substituents is 1. The van der Waals surface area contributed by atoms with Gasteiger partial charge in [0.25, 0.3) is 0 Å². The topological polar surface area (TPSA) is 243 Å². The predicted molar refractivity (Wildman–Crippen MR) is 139 cm³/mol. The van der Waals surface area contributed by atoms with Gasteiger partial charge in [0.2, 0.25) is 23.6 Å². The summed E-state index contributed by atoms with van der Waals surface area (Å²) in [6.07, 6.45) is 2.29. The van der Waals surface area contributed by atoms with Crippen molar-refractivity contribution in [3.05, 3.63) is 48.0 Å². The van der Waals surface area contributed by atoms with Crippen molar-refractivity contribution in [3.8, 4) is 5.75 Å². The molecule has 10 N–H and O–H groups in total. The van der Waals surface area contributed by atoms with Crippen LogP contribution in [0.15, 0.2) is 36.8 Å². The molecule has 0 aliphatic heterocycles. The maximum Gasteiger partial charge on any atom is 0.326 e. The second-order valence-electron chi connectivity index (χ2n) is 9.45. The number of nitrogens with two attached hydrogens (primary N) is 2. The van der Waals surface area contributed by atoms with Crippen LogP contribution in [0.3, 0.4) is 0 Å². The van der Waals surface area contributed by atoms with Crippen LogP contribution < -0.4 is 27.4 Å². The lowest BCUT2D eigenvalue weighted by Gasteiger charge is -2.25. The van der Waals surface area contributed by atoms with Crippen molar-refractivity contribution < 1.29 is 34.2 Å². The van der Waals surface area contributed by atoms with Crippen molar-refractivity contribution in [2.24, 2.45) is 17.4 Å². The Hall–Kier alpha value is -4.46. The number of carboxylic acids is 1. The van der Waals surface area contributed by atoms with E-state index in [0.717, 1.165) is 0 Å². The lowest BCUT2D eigenvalue weighted by molar-refractivity contribution is -0.142. The number of phenols is 1. The molecule has 0 aliphatic rings. The van der Waals surface area contributed by atoms with Crippen LogP contribution in [0.2, 0.25) is 0 Å². The van der Waals surface area contributed by atoms with Crippen LogP contribution in [0.4, 0.5) is 0 Å². The van der Waals surface area contributed by atoms with Gasteiger partial charge in [0.05, 0.1) is 12.4 Å². The summed E-state index contributed by atoms with van der Waals surface area (Å²) in [6.45, 7) is 3.51. The van der Waals surface area contributed by atoms with E-state index < -0.39 is 53.8 Å². The third-order valence-electron chi connectivity index (χ3n) is 5.94. The fourth-order valence-electron chi connectivity index (χ4n) is 3.56. The largest absolute Gasteiger partial charge is 0.508 e. The number of primary amides is 1. The van der Waals surface area contributed by atoms with Gasteiger partial charge >= 0.3 is 5.97 Å². The average molecular weight is 546 g/mol. The summed E-state index contributed by atoms with van der Waals surface area (Å²) in [7, 11) is 0. The van der Waals surface area contributed by atoms with Crippen LogP contribution in [0, 0.1) is 5.92 Å². The highest BCUT2D eigenvalue weighted by molar-refractivity contribution is 5.94. The van der Waals surface area contributed by atoms with E-state index in [0.29, 0.717) is 11.3 Å². The zero-order chi connectivity index (χ0) is 29.1. The van der Waals surface area contributed by atoms with Gasteiger partial charge in [0.15, 0.2) is 0 Å². The standard InChI is InChI=1S/C25H35N7O7/c1-13(2)21(27)24(37)32-19(10-15-11-28-12-29-15)23(36)31-18(9-14-3-5-16(33)6-4-14)22(35)30-17(25(38)39)7-8-20(26)34/h3-6,11-13,17-19,21,33H,7-10,27H2,1-2H3,(H2,26,34)(H,28,29)(H,30,35)(H,31,36)(H,32,37)(H,38,39). The number of carbonyl (C=O) groups excluding carboxylic acids is 4. The molecule has 4 amide bonds. The van der Waals surface area contributed by atoms with Gasteiger partial charge in [-0.1, -0.05) is 26.0 Å². The van der Waals surface area contributed by atoms with E-state index in [-0.39, 0.29) is 37.4 Å². The molecule has 0 spiro atoms. The number of imidazole rings is 1. The number of carboxylic acid groups (broad SMARTS) is 1. The molecule has 4 atom stereocenters. The van der Waals surface area contributed by atoms with Crippen LogP contribution in [-0.4, -0.2) is 73.9 Å². The van der Waals surface area contributed by atoms with E-state index in [1.807, 2.05) is 0 Å². The number of hydrogen-bond acceptors (Lipinski definition) is 8. The monoisotopic (exact) mass is 545 g/mol. The first kappa shape index (κ1) is 30.8. The first-order valence-electron chi connectivity index (χ1n) is 12.3. The Morgan fingerprint density at radius 3 is 2.00 bits per heavy atom. The number of nitrogens with one attached hydrogen (secondary N) is 4. The number of rotatable bonds is 15. The Kier molecular flexibility index (Phi) is 11.4. The lowest BCUT2D eigenvalue weighted by Crippen LogP contribution is -2.58. The molecular formula is C25H35N7O7. The van der Waals surface area contributed by atoms with Crippen LogP contribution in [-0.2, 0) is 36.8 Å². The number of aromatic amines is 1. The number of aromatic nitrogens is 2. The quantitative estimate of drug-likeness (QED) is 0.132. The maximum atomic E-state index is 13.4. The van der Waals surface area contributed by atoms with Gasteiger partial charge in [-0.05, 0) is 30.0 Å². The van der Waals surface area contributed by atoms with Crippen LogP contribution in [0.1, 0.15) is 37.9 Å². The zero-order valence-corrected chi connectivity index (χ0v) is 21.7. The summed E-state index contributed by atoms with van der Waals surface area (Å²) in [6, 6.07) is 1.11. The van der Waals surface area contributed by atoms with Gasteiger partial charge in [-0.15, -0.1) is 0 Å². The van der Waals surface area contributed by atoms with Gasteiger partial charge < -0.3 is 42.6 Å². The summed E-state index contributed by atoms with van der Waals surface area (Å²) in [5, 5.41) is 26.6. The highest BCUT2D eigenvalue weighted by Crippen LogP contribution is 2.12. The number of aromatic hydroxyl groups is 1. The van der Waals surface area contributed by atoms with Crippen LogP contribution in [0.25, 0.3) is 0 Å². The number of hydrogen-bond donors (Lipinski definition) is 8. The summed E-state index contributed by atoms with van der Waals surface area (Å²) < 4.78 is 0. The minimum absolute atomic E-state index is 0.00625. The summed E-state index contributed by atoms with van der Waals surface area (Å²) in [5.41, 5.74) is 12.1. The molecule has 0 aliphatic carbocycles. The van der Waals surface area contributed by atoms with E-state index in [1.165, 1.54) is 36.8 Å². The normalized spacial score (nSPS) is 14.1. The molecule has 0 bridgehead atoms. The van der Waals surface area contributed by atoms with Gasteiger partial charge in [-0.3, -0.25) is 19.2 Å². The lowest BCUT2D eigenvalue weighted by atomic mass is 10.0. The van der Waals surface area contributed by atoms with E-state index in [4.69, 9.17) is 11.5 Å². The number of amides is 4. The first-order chi connectivity index (χ1) is 18.4. The summed E-state index contributed by atoms with van der Waals surface area (Å²) in [4.78, 5) is 68.8. The third kappa shape index (κ3) is 10.1. The molecule has 1 aromatic heterocycles. The molecule has 2 aromatic rings. The molecule has 1 heterocycles. The van der Waals surface area contributed by atoms with Gasteiger partial charge in [-0.2, -0.15) is 0 Å². The Balaban J connectivity index is 2.30. The number of carbonyl (C=O) groups is 5. The van der Waals surface area contributed by atoms with Crippen molar-refractivity contribution in [2.75, 3.05) is 0 Å². The van der Waals surface area contributed by atoms with Gasteiger partial charge in [-0.25, -0.2) is 9.78 Å². The van der Waals surface area contributed by atoms with Crippen molar-refractivity contribution >= 4 is 29.6 Å². The Morgan fingerprint density at radius 2 is 1.49 bits per heavy atom. The maximum absolute atomic E-state index is 13.4. The highest BCUT2D eigenvalue weighted by atomic mass is 16.4. The summed E-state index contributed by atoms with van der Waals surface area (Å²) >= 11 is 0. The van der Waals surface area contributed by atoms with Crippen molar-refractivity contribution in [2.45, 2.75) is 63.7 Å². The third-order valence-corrected chi connectivity index (χ3v) is 5.94. The second-order valence-corrected chi connectivity index (χ2v) is 9.45. The molecule has 39 heavy (non-hydrogen) atoms. The predicted octanol–water partition coefficient (Wildman–Crippen LogP) is -1.31. The minimum atomic E-state index is -1.44. The molecule has 14 nitrogen and oxygen atoms in total. The number of H-pyrrole nitrogens is 1. The highest BCUT2D eigenvalue weighted by Gasteiger charge is 2.31. The molecule has 0 fully saturated rings. The molecule has 4 unspecified atom stereocenters. The van der Waals surface area contributed by atoms with Crippen molar-refractivity contribution in [1.82, 2.24) is 25.9 Å². The smallest absolute Gasteiger partial charge is 0.326 e. The Morgan fingerprint density at radius 1 is 0.923 bits per heavy atom. The Labute approximate surface area is 224 Å². The fourth-order valence-corrected chi connectivity index (χ4v) is 3.56. The van der Waals surface area contributed by atoms with Crippen molar-refractivity contribution in [1.29, 1.82) is 0 Å².